The molecule has 1 aromatic heterocycles. The normalized spacial score (nSPS) is 19.8. The van der Waals surface area contributed by atoms with Crippen LogP contribution >= 0.6 is 0 Å². The Morgan fingerprint density at radius 1 is 1.10 bits per heavy atom. The highest BCUT2D eigenvalue weighted by Crippen LogP contribution is 2.36. The number of methoxy groups -OCH3 is 1. The highest BCUT2D eigenvalue weighted by Gasteiger charge is 2.47. The summed E-state index contributed by atoms with van der Waals surface area (Å²) in [4.78, 5) is 68.7. The van der Waals surface area contributed by atoms with E-state index < -0.39 is 41.3 Å². The summed E-state index contributed by atoms with van der Waals surface area (Å²) in [6.07, 6.45) is 2.21. The van der Waals surface area contributed by atoms with Crippen molar-refractivity contribution in [2.75, 3.05) is 20.2 Å². The first-order valence-electron chi connectivity index (χ1n) is 13.8. The summed E-state index contributed by atoms with van der Waals surface area (Å²) in [6.45, 7) is 6.53. The summed E-state index contributed by atoms with van der Waals surface area (Å²) < 4.78 is 4.96. The maximum absolute atomic E-state index is 13.4. The number of nitrogens with zero attached hydrogens (tertiary/aromatic N) is 1. The molecule has 216 valence electrons. The Labute approximate surface area is 233 Å². The molecular weight excluding hydrogens is 514 g/mol. The van der Waals surface area contributed by atoms with Crippen LogP contribution in [0.4, 0.5) is 0 Å². The van der Waals surface area contributed by atoms with E-state index in [9.17, 15) is 24.0 Å². The van der Waals surface area contributed by atoms with Crippen LogP contribution in [0.1, 0.15) is 63.4 Å². The highest BCUT2D eigenvalue weighted by atomic mass is 16.5. The van der Waals surface area contributed by atoms with Crippen LogP contribution in [0.15, 0.2) is 30.3 Å². The third-order valence-electron chi connectivity index (χ3n) is 7.99. The number of amides is 4. The van der Waals surface area contributed by atoms with Gasteiger partial charge in [0.25, 0.3) is 5.91 Å². The lowest BCUT2D eigenvalue weighted by molar-refractivity contribution is -0.146. The highest BCUT2D eigenvalue weighted by molar-refractivity contribution is 6.00. The van der Waals surface area contributed by atoms with Crippen LogP contribution in [-0.4, -0.2) is 77.3 Å². The van der Waals surface area contributed by atoms with Gasteiger partial charge in [0.1, 0.15) is 17.8 Å². The molecule has 0 aliphatic carbocycles. The summed E-state index contributed by atoms with van der Waals surface area (Å²) >= 11 is 0. The predicted octanol–water partition coefficient (Wildman–Crippen LogP) is 1.88. The Kier molecular flexibility index (Phi) is 8.80. The van der Waals surface area contributed by atoms with Crippen molar-refractivity contribution >= 4 is 40.5 Å². The predicted molar refractivity (Wildman–Crippen MR) is 148 cm³/mol. The number of fused-ring (bicyclic) bond motifs is 1. The van der Waals surface area contributed by atoms with Gasteiger partial charge in [0, 0.05) is 42.4 Å². The minimum atomic E-state index is -1.06. The first-order chi connectivity index (χ1) is 19.0. The number of hydrogen-bond acceptors (Lipinski definition) is 6. The molecule has 11 heteroatoms. The van der Waals surface area contributed by atoms with Crippen LogP contribution in [0.5, 0.6) is 0 Å². The van der Waals surface area contributed by atoms with E-state index in [1.54, 1.807) is 11.0 Å². The number of benzene rings is 1. The molecule has 3 heterocycles. The van der Waals surface area contributed by atoms with Crippen molar-refractivity contribution in [3.05, 3.63) is 36.0 Å². The SMILES string of the molecule is COC(=O)C(CC1CC2(CCN(C(C)=O)CC2)NC1=O)NC(=O)[C@H](CC(C)C)NC(=O)c1cc2ccccc2[nH]1. The van der Waals surface area contributed by atoms with Crippen molar-refractivity contribution < 1.29 is 28.7 Å². The molecule has 4 rings (SSSR count). The van der Waals surface area contributed by atoms with E-state index in [2.05, 4.69) is 20.9 Å². The molecule has 1 spiro atoms. The van der Waals surface area contributed by atoms with Gasteiger partial charge < -0.3 is 30.6 Å². The van der Waals surface area contributed by atoms with E-state index in [0.29, 0.717) is 44.5 Å². The van der Waals surface area contributed by atoms with Crippen LogP contribution in [0.25, 0.3) is 10.9 Å². The first-order valence-corrected chi connectivity index (χ1v) is 13.8. The minimum absolute atomic E-state index is 0.0109. The Balaban J connectivity index is 1.43. The lowest BCUT2D eigenvalue weighted by atomic mass is 9.82. The summed E-state index contributed by atoms with van der Waals surface area (Å²) in [5.74, 6) is -2.19. The van der Waals surface area contributed by atoms with Gasteiger partial charge in [0.15, 0.2) is 0 Å². The van der Waals surface area contributed by atoms with E-state index in [1.807, 2.05) is 38.1 Å². The zero-order chi connectivity index (χ0) is 29.0. The number of carbonyl (C=O) groups excluding carboxylic acids is 5. The van der Waals surface area contributed by atoms with E-state index in [1.165, 1.54) is 14.0 Å². The Morgan fingerprint density at radius 2 is 1.80 bits per heavy atom. The molecular formula is C29H39N5O6. The molecule has 2 aliphatic heterocycles. The molecule has 1 aromatic carbocycles. The lowest BCUT2D eigenvalue weighted by Crippen LogP contribution is -2.53. The van der Waals surface area contributed by atoms with Crippen molar-refractivity contribution in [2.24, 2.45) is 11.8 Å². The number of carbonyl (C=O) groups is 5. The van der Waals surface area contributed by atoms with Gasteiger partial charge >= 0.3 is 5.97 Å². The monoisotopic (exact) mass is 553 g/mol. The number of rotatable bonds is 9. The van der Waals surface area contributed by atoms with Gasteiger partial charge in [0.05, 0.1) is 7.11 Å². The molecule has 2 unspecified atom stereocenters. The number of para-hydroxylation sites is 1. The smallest absolute Gasteiger partial charge is 0.328 e. The van der Waals surface area contributed by atoms with Crippen LogP contribution in [-0.2, 0) is 23.9 Å². The molecule has 2 aliphatic rings. The molecule has 11 nitrogen and oxygen atoms in total. The van der Waals surface area contributed by atoms with Gasteiger partial charge in [-0.15, -0.1) is 0 Å². The minimum Gasteiger partial charge on any atom is -0.467 e. The Bertz CT molecular complexity index is 1250. The third-order valence-corrected chi connectivity index (χ3v) is 7.99. The molecule has 3 atom stereocenters. The Hall–Kier alpha value is -3.89. The van der Waals surface area contributed by atoms with Crippen LogP contribution in [0.3, 0.4) is 0 Å². The van der Waals surface area contributed by atoms with Gasteiger partial charge in [0.2, 0.25) is 17.7 Å². The van der Waals surface area contributed by atoms with Crippen LogP contribution < -0.4 is 16.0 Å². The number of aromatic amines is 1. The number of ether oxygens (including phenoxy) is 1. The lowest BCUT2D eigenvalue weighted by Gasteiger charge is -2.39. The van der Waals surface area contributed by atoms with E-state index in [-0.39, 0.29) is 24.2 Å². The van der Waals surface area contributed by atoms with Gasteiger partial charge in [-0.1, -0.05) is 32.0 Å². The molecule has 4 amide bonds. The fourth-order valence-corrected chi connectivity index (χ4v) is 5.80. The number of nitrogens with one attached hydrogen (secondary N) is 4. The zero-order valence-electron chi connectivity index (χ0n) is 23.5. The quantitative estimate of drug-likeness (QED) is 0.348. The number of esters is 1. The molecule has 0 radical (unpaired) electrons. The van der Waals surface area contributed by atoms with Crippen molar-refractivity contribution in [1.82, 2.24) is 25.8 Å². The largest absolute Gasteiger partial charge is 0.467 e. The topological polar surface area (TPSA) is 150 Å². The number of piperidine rings is 1. The first kappa shape index (κ1) is 29.1. The van der Waals surface area contributed by atoms with Gasteiger partial charge in [-0.2, -0.15) is 0 Å². The molecule has 2 aromatic rings. The second-order valence-corrected chi connectivity index (χ2v) is 11.4. The van der Waals surface area contributed by atoms with Crippen LogP contribution in [0, 0.1) is 11.8 Å². The molecule has 4 N–H and O–H groups in total. The summed E-state index contributed by atoms with van der Waals surface area (Å²) in [6, 6.07) is 7.26. The summed E-state index contributed by atoms with van der Waals surface area (Å²) in [7, 11) is 1.23. The molecule has 40 heavy (non-hydrogen) atoms. The standard InChI is InChI=1S/C29H39N5O6/c1-17(2)13-22(31-27(38)23-14-19-7-5-6-8-21(19)30-23)26(37)32-24(28(39)40-4)15-20-16-29(33-25(20)36)9-11-34(12-10-29)18(3)35/h5-8,14,17,20,22,24,30H,9-13,15-16H2,1-4H3,(H,31,38)(H,32,37)(H,33,36)/t20?,22-,24?/m0/s1. The molecule has 2 saturated heterocycles. The average molecular weight is 554 g/mol. The maximum atomic E-state index is 13.4. The zero-order valence-corrected chi connectivity index (χ0v) is 23.5. The molecule has 0 bridgehead atoms. The number of aromatic nitrogens is 1. The van der Waals surface area contributed by atoms with Crippen LogP contribution in [0.2, 0.25) is 0 Å². The third kappa shape index (κ3) is 6.63. The van der Waals surface area contributed by atoms with Crippen molar-refractivity contribution in [3.8, 4) is 0 Å². The average Bonchev–Trinajstić information content (AvgIpc) is 3.48. The molecule has 0 saturated carbocycles. The summed E-state index contributed by atoms with van der Waals surface area (Å²) in [5, 5.41) is 9.52. The summed E-state index contributed by atoms with van der Waals surface area (Å²) in [5.41, 5.74) is 0.713. The van der Waals surface area contributed by atoms with Gasteiger partial charge in [-0.3, -0.25) is 19.2 Å². The van der Waals surface area contributed by atoms with E-state index in [0.717, 1.165) is 10.9 Å². The van der Waals surface area contributed by atoms with E-state index >= 15 is 0 Å². The van der Waals surface area contributed by atoms with Crippen molar-refractivity contribution in [3.63, 3.8) is 0 Å². The second-order valence-electron chi connectivity index (χ2n) is 11.4. The second kappa shape index (κ2) is 12.1. The van der Waals surface area contributed by atoms with Crippen molar-refractivity contribution in [2.45, 2.75) is 70.5 Å². The fourth-order valence-electron chi connectivity index (χ4n) is 5.80. The maximum Gasteiger partial charge on any atom is 0.328 e. The number of likely N-dealkylation sites (tertiary alicyclic amines) is 1. The van der Waals surface area contributed by atoms with E-state index in [4.69, 9.17) is 4.74 Å². The number of H-pyrrole nitrogens is 1. The van der Waals surface area contributed by atoms with Gasteiger partial charge in [-0.25, -0.2) is 4.79 Å². The molecule has 2 fully saturated rings. The van der Waals surface area contributed by atoms with Gasteiger partial charge in [-0.05, 0) is 50.2 Å². The Morgan fingerprint density at radius 3 is 2.42 bits per heavy atom. The number of hydrogen-bond donors (Lipinski definition) is 4. The fraction of sp³-hybridized carbons (Fsp3) is 0.552. The van der Waals surface area contributed by atoms with Crippen molar-refractivity contribution in [1.29, 1.82) is 0 Å².